The SMILES string of the molecule is CC(C)Oc1cc(-n2nc(C(C)(C)C)oc2=O)c(Cl)cc1Cl.COc1nc(C)nc(NC(=O)NS(=O)(=O)c2ccccc2CCC(F)(F)F)n1. The Hall–Kier alpha value is -4.42. The first-order chi connectivity index (χ1) is 23.1. The van der Waals surface area contributed by atoms with Crippen LogP contribution in [0.25, 0.3) is 5.69 Å². The first-order valence-corrected chi connectivity index (χ1v) is 16.9. The molecule has 14 nitrogen and oxygen atoms in total. The van der Waals surface area contributed by atoms with Gasteiger partial charge in [0, 0.05) is 17.9 Å². The zero-order chi connectivity index (χ0) is 37.6. The van der Waals surface area contributed by atoms with Crippen molar-refractivity contribution in [3.63, 3.8) is 0 Å². The van der Waals surface area contributed by atoms with Crippen molar-refractivity contribution in [3.05, 3.63) is 74.3 Å². The molecule has 0 aliphatic heterocycles. The number of hydrogen-bond donors (Lipinski definition) is 2. The first-order valence-electron chi connectivity index (χ1n) is 14.6. The average Bonchev–Trinajstić information content (AvgIpc) is 3.38. The number of aryl methyl sites for hydroxylation is 2. The second kappa shape index (κ2) is 16.1. The van der Waals surface area contributed by atoms with Crippen molar-refractivity contribution >= 4 is 45.2 Å². The Morgan fingerprint density at radius 1 is 1.06 bits per heavy atom. The number of amides is 2. The summed E-state index contributed by atoms with van der Waals surface area (Å²) in [6.07, 6.45) is -6.26. The molecule has 20 heteroatoms. The molecule has 0 saturated carbocycles. The van der Waals surface area contributed by atoms with Crippen LogP contribution < -0.4 is 25.3 Å². The molecule has 272 valence electrons. The fourth-order valence-corrected chi connectivity index (χ4v) is 5.60. The molecule has 2 heterocycles. The maximum Gasteiger partial charge on any atom is 0.442 e. The van der Waals surface area contributed by atoms with Crippen LogP contribution in [0.5, 0.6) is 11.8 Å². The normalized spacial score (nSPS) is 11.9. The Kier molecular flexibility index (Phi) is 12.9. The monoisotopic (exact) mass is 763 g/mol. The predicted molar refractivity (Wildman–Crippen MR) is 178 cm³/mol. The Morgan fingerprint density at radius 3 is 2.30 bits per heavy atom. The van der Waals surface area contributed by atoms with Gasteiger partial charge in [0.05, 0.1) is 33.8 Å². The van der Waals surface area contributed by atoms with Gasteiger partial charge in [-0.1, -0.05) is 62.2 Å². The van der Waals surface area contributed by atoms with Gasteiger partial charge in [-0.05, 0) is 44.9 Å². The molecule has 0 bridgehead atoms. The van der Waals surface area contributed by atoms with Gasteiger partial charge in [0.25, 0.3) is 10.0 Å². The van der Waals surface area contributed by atoms with E-state index in [4.69, 9.17) is 37.1 Å². The van der Waals surface area contributed by atoms with E-state index in [9.17, 15) is 31.2 Å². The topological polar surface area (TPSA) is 180 Å². The summed E-state index contributed by atoms with van der Waals surface area (Å²) in [4.78, 5) is 35.0. The van der Waals surface area contributed by atoms with Crippen LogP contribution in [0.2, 0.25) is 10.0 Å². The van der Waals surface area contributed by atoms with Crippen LogP contribution in [-0.2, 0) is 21.9 Å². The van der Waals surface area contributed by atoms with Crippen molar-refractivity contribution in [1.29, 1.82) is 0 Å². The highest BCUT2D eigenvalue weighted by atomic mass is 35.5. The number of carbonyl (C=O) groups is 1. The number of urea groups is 1. The van der Waals surface area contributed by atoms with Gasteiger partial charge in [0.15, 0.2) is 0 Å². The van der Waals surface area contributed by atoms with E-state index < -0.39 is 45.7 Å². The summed E-state index contributed by atoms with van der Waals surface area (Å²) < 4.78 is 80.7. The summed E-state index contributed by atoms with van der Waals surface area (Å²) in [5, 5.41) is 6.98. The number of carbonyl (C=O) groups excluding carboxylic acids is 1. The van der Waals surface area contributed by atoms with Gasteiger partial charge < -0.3 is 13.9 Å². The summed E-state index contributed by atoms with van der Waals surface area (Å²) in [5.74, 6) is 0.104. The van der Waals surface area contributed by atoms with Gasteiger partial charge in [-0.3, -0.25) is 5.32 Å². The average molecular weight is 765 g/mol. The lowest BCUT2D eigenvalue weighted by atomic mass is 9.97. The third-order valence-electron chi connectivity index (χ3n) is 6.08. The number of methoxy groups -OCH3 is 1. The molecule has 2 aromatic carbocycles. The minimum absolute atomic E-state index is 0.0642. The highest BCUT2D eigenvalue weighted by molar-refractivity contribution is 7.90. The molecule has 2 amide bonds. The Bertz CT molecular complexity index is 2000. The van der Waals surface area contributed by atoms with Gasteiger partial charge in [0.1, 0.15) is 11.6 Å². The second-order valence-corrected chi connectivity index (χ2v) is 14.2. The lowest BCUT2D eigenvalue weighted by Crippen LogP contribution is -2.35. The number of hydrogen-bond acceptors (Lipinski definition) is 11. The number of aromatic nitrogens is 5. The number of ether oxygens (including phenoxy) is 2. The summed E-state index contributed by atoms with van der Waals surface area (Å²) in [6.45, 7) is 11.0. The Balaban J connectivity index is 0.000000278. The van der Waals surface area contributed by atoms with E-state index in [2.05, 4.69) is 25.4 Å². The third-order valence-corrected chi connectivity index (χ3v) is 8.11. The Morgan fingerprint density at radius 2 is 1.72 bits per heavy atom. The van der Waals surface area contributed by atoms with E-state index in [1.807, 2.05) is 34.6 Å². The molecule has 0 atom stereocenters. The van der Waals surface area contributed by atoms with E-state index in [0.29, 0.717) is 22.4 Å². The van der Waals surface area contributed by atoms with Crippen LogP contribution in [0.15, 0.2) is 50.5 Å². The van der Waals surface area contributed by atoms with Crippen LogP contribution in [0.3, 0.4) is 0 Å². The largest absolute Gasteiger partial charge is 0.489 e. The van der Waals surface area contributed by atoms with Crippen molar-refractivity contribution in [2.24, 2.45) is 0 Å². The Labute approximate surface area is 295 Å². The van der Waals surface area contributed by atoms with Crippen LogP contribution in [-0.4, -0.2) is 58.6 Å². The van der Waals surface area contributed by atoms with Crippen molar-refractivity contribution < 1.29 is 40.3 Å². The molecule has 0 aliphatic rings. The molecule has 50 heavy (non-hydrogen) atoms. The van der Waals surface area contributed by atoms with Crippen LogP contribution in [0.1, 0.15) is 58.3 Å². The summed E-state index contributed by atoms with van der Waals surface area (Å²) in [7, 11) is -3.14. The maximum atomic E-state index is 12.5. The third kappa shape index (κ3) is 11.3. The highest BCUT2D eigenvalue weighted by Gasteiger charge is 2.29. The smallest absolute Gasteiger partial charge is 0.442 e. The number of alkyl halides is 3. The van der Waals surface area contributed by atoms with E-state index in [-0.39, 0.29) is 39.9 Å². The molecule has 4 aromatic rings. The van der Waals surface area contributed by atoms with Crippen LogP contribution >= 0.6 is 23.2 Å². The maximum absolute atomic E-state index is 12.5. The first kappa shape index (κ1) is 40.0. The molecule has 0 spiro atoms. The summed E-state index contributed by atoms with van der Waals surface area (Å²) in [6, 6.07) is 6.92. The highest BCUT2D eigenvalue weighted by Crippen LogP contribution is 2.33. The number of nitrogens with zero attached hydrogens (tertiary/aromatic N) is 5. The van der Waals surface area contributed by atoms with Crippen molar-refractivity contribution in [3.8, 4) is 17.4 Å². The molecular weight excluding hydrogens is 730 g/mol. The van der Waals surface area contributed by atoms with E-state index >= 15 is 0 Å². The zero-order valence-electron chi connectivity index (χ0n) is 27.8. The number of rotatable bonds is 9. The van der Waals surface area contributed by atoms with Crippen molar-refractivity contribution in [1.82, 2.24) is 29.5 Å². The van der Waals surface area contributed by atoms with Gasteiger partial charge in [-0.25, -0.2) is 22.7 Å². The summed E-state index contributed by atoms with van der Waals surface area (Å²) >= 11 is 12.3. The number of sulfonamides is 1. The number of benzene rings is 2. The van der Waals surface area contributed by atoms with E-state index in [0.717, 1.165) is 10.7 Å². The molecule has 0 unspecified atom stereocenters. The van der Waals surface area contributed by atoms with Gasteiger partial charge in [0.2, 0.25) is 11.8 Å². The van der Waals surface area contributed by atoms with E-state index in [1.54, 1.807) is 10.8 Å². The molecule has 0 aliphatic carbocycles. The van der Waals surface area contributed by atoms with Gasteiger partial charge in [-0.15, -0.1) is 5.10 Å². The standard InChI is InChI=1S/C15H18Cl2N2O3.C15H16F3N5O4S/c1-8(2)21-12-7-11(9(16)6-10(12)17)19-14(20)22-13(18-19)15(3,4)5;1-9-19-12(22-14(20-9)27-2)21-13(24)23-28(25,26)11-6-4-3-5-10(11)7-8-15(16,17)18/h6-8H,1-5H3;3-6H,7-8H2,1-2H3,(H2,19,20,21,22,23,24). The molecule has 0 saturated heterocycles. The predicted octanol–water partition coefficient (Wildman–Crippen LogP) is 6.41. The van der Waals surface area contributed by atoms with Crippen molar-refractivity contribution in [2.45, 2.75) is 77.0 Å². The molecular formula is C30H34Cl2F3N7O7S. The second-order valence-electron chi connectivity index (χ2n) is 11.7. The quantitative estimate of drug-likeness (QED) is 0.192. The fraction of sp³-hybridized carbons (Fsp3) is 0.400. The fourth-order valence-electron chi connectivity index (χ4n) is 3.92. The van der Waals surface area contributed by atoms with Gasteiger partial charge in [-0.2, -0.15) is 32.8 Å². The molecule has 2 aromatic heterocycles. The number of nitrogens with one attached hydrogen (secondary N) is 2. The van der Waals surface area contributed by atoms with E-state index in [1.165, 1.54) is 38.3 Å². The lowest BCUT2D eigenvalue weighted by molar-refractivity contribution is -0.134. The number of anilines is 1. The van der Waals surface area contributed by atoms with Crippen LogP contribution in [0, 0.1) is 6.92 Å². The summed E-state index contributed by atoms with van der Waals surface area (Å²) in [5.41, 5.74) is -0.0932. The zero-order valence-corrected chi connectivity index (χ0v) is 30.2. The lowest BCUT2D eigenvalue weighted by Gasteiger charge is -2.13. The molecule has 0 radical (unpaired) electrons. The number of halogens is 5. The molecule has 2 N–H and O–H groups in total. The van der Waals surface area contributed by atoms with Crippen molar-refractivity contribution in [2.75, 3.05) is 12.4 Å². The van der Waals surface area contributed by atoms with Crippen LogP contribution in [0.4, 0.5) is 23.9 Å². The molecule has 4 rings (SSSR count). The minimum Gasteiger partial charge on any atom is -0.489 e. The van der Waals surface area contributed by atoms with Gasteiger partial charge >= 0.3 is 24.0 Å². The minimum atomic E-state index is -4.45. The molecule has 0 fully saturated rings.